The van der Waals surface area contributed by atoms with Gasteiger partial charge in [-0.25, -0.2) is 9.97 Å². The first-order chi connectivity index (χ1) is 7.08. The van der Waals surface area contributed by atoms with Gasteiger partial charge in [0.1, 0.15) is 11.0 Å². The van der Waals surface area contributed by atoms with Crippen molar-refractivity contribution in [1.82, 2.24) is 9.97 Å². The van der Waals surface area contributed by atoms with E-state index in [2.05, 4.69) is 35.6 Å². The first-order valence-corrected chi connectivity index (χ1v) is 6.54. The average Bonchev–Trinajstić information content (AvgIpc) is 2.17. The summed E-state index contributed by atoms with van der Waals surface area (Å²) in [5.41, 5.74) is 0. The van der Waals surface area contributed by atoms with Crippen LogP contribution in [0.25, 0.3) is 0 Å². The molecule has 3 nitrogen and oxygen atoms in total. The van der Waals surface area contributed by atoms with Gasteiger partial charge in [-0.3, -0.25) is 0 Å². The quantitative estimate of drug-likeness (QED) is 0.463. The normalized spacial score (nSPS) is 10.8. The lowest BCUT2D eigenvalue weighted by molar-refractivity contribution is 0.685. The smallest absolute Gasteiger partial charge is 0.190 e. The van der Waals surface area contributed by atoms with Crippen molar-refractivity contribution in [2.24, 2.45) is 0 Å². The Hall–Kier alpha value is -0.480. The van der Waals surface area contributed by atoms with Gasteiger partial charge in [0.15, 0.2) is 5.16 Å². The zero-order valence-electron chi connectivity index (χ0n) is 9.49. The van der Waals surface area contributed by atoms with Gasteiger partial charge >= 0.3 is 0 Å². The van der Waals surface area contributed by atoms with E-state index in [0.717, 1.165) is 17.5 Å². The second kappa shape index (κ2) is 5.56. The molecule has 1 aromatic rings. The molecular weight excluding hydrogens is 230 g/mol. The highest BCUT2D eigenvalue weighted by Crippen LogP contribution is 2.21. The lowest BCUT2D eigenvalue weighted by Crippen LogP contribution is -2.31. The second-order valence-corrected chi connectivity index (χ2v) is 4.58. The summed E-state index contributed by atoms with van der Waals surface area (Å²) in [4.78, 5) is 10.7. The molecule has 1 aromatic heterocycles. The van der Waals surface area contributed by atoms with Crippen LogP contribution in [0.15, 0.2) is 11.2 Å². The minimum absolute atomic E-state index is 0.413. The Kier molecular flexibility index (Phi) is 4.67. The predicted molar refractivity (Wildman–Crippen MR) is 67.0 cm³/mol. The SMILES string of the molecule is CCN(c1cc(Cl)nc(SC)n1)C(C)C. The lowest BCUT2D eigenvalue weighted by Gasteiger charge is -2.26. The molecule has 0 atom stereocenters. The monoisotopic (exact) mass is 245 g/mol. The topological polar surface area (TPSA) is 29.0 Å². The van der Waals surface area contributed by atoms with Gasteiger partial charge < -0.3 is 4.90 Å². The molecule has 0 aliphatic rings. The third kappa shape index (κ3) is 3.24. The van der Waals surface area contributed by atoms with E-state index in [0.29, 0.717) is 11.2 Å². The average molecular weight is 246 g/mol. The Labute approximate surface area is 100 Å². The highest BCUT2D eigenvalue weighted by Gasteiger charge is 2.12. The molecule has 1 heterocycles. The molecule has 84 valence electrons. The van der Waals surface area contributed by atoms with Crippen molar-refractivity contribution < 1.29 is 0 Å². The Morgan fingerprint density at radius 1 is 1.47 bits per heavy atom. The highest BCUT2D eigenvalue weighted by molar-refractivity contribution is 7.98. The molecule has 5 heteroatoms. The van der Waals surface area contributed by atoms with Crippen molar-refractivity contribution >= 4 is 29.2 Å². The summed E-state index contributed by atoms with van der Waals surface area (Å²) >= 11 is 7.45. The summed E-state index contributed by atoms with van der Waals surface area (Å²) in [5, 5.41) is 1.22. The van der Waals surface area contributed by atoms with Crippen LogP contribution in [0.1, 0.15) is 20.8 Å². The van der Waals surface area contributed by atoms with E-state index in [9.17, 15) is 0 Å². The summed E-state index contributed by atoms with van der Waals surface area (Å²) < 4.78 is 0. The van der Waals surface area contributed by atoms with Crippen LogP contribution in [0, 0.1) is 0 Å². The highest BCUT2D eigenvalue weighted by atomic mass is 35.5. The maximum atomic E-state index is 5.94. The van der Waals surface area contributed by atoms with E-state index < -0.39 is 0 Å². The van der Waals surface area contributed by atoms with Gasteiger partial charge in [0.25, 0.3) is 0 Å². The molecule has 0 aliphatic carbocycles. The van der Waals surface area contributed by atoms with Gasteiger partial charge in [0.2, 0.25) is 0 Å². The fraction of sp³-hybridized carbons (Fsp3) is 0.600. The third-order valence-corrected chi connectivity index (χ3v) is 2.84. The molecule has 0 saturated carbocycles. The van der Waals surface area contributed by atoms with Gasteiger partial charge in [-0.15, -0.1) is 0 Å². The van der Waals surface area contributed by atoms with Gasteiger partial charge in [-0.05, 0) is 27.0 Å². The van der Waals surface area contributed by atoms with E-state index in [1.807, 2.05) is 12.3 Å². The van der Waals surface area contributed by atoms with E-state index in [-0.39, 0.29) is 0 Å². The Bertz CT molecular complexity index is 330. The number of hydrogen-bond acceptors (Lipinski definition) is 4. The number of thioether (sulfide) groups is 1. The lowest BCUT2D eigenvalue weighted by atomic mass is 10.3. The van der Waals surface area contributed by atoms with Crippen molar-refractivity contribution in [3.8, 4) is 0 Å². The molecule has 1 rings (SSSR count). The number of aromatic nitrogens is 2. The first-order valence-electron chi connectivity index (χ1n) is 4.93. The maximum Gasteiger partial charge on any atom is 0.190 e. The van der Waals surface area contributed by atoms with Crippen molar-refractivity contribution in [3.05, 3.63) is 11.2 Å². The van der Waals surface area contributed by atoms with E-state index in [1.54, 1.807) is 0 Å². The Balaban J connectivity index is 3.06. The van der Waals surface area contributed by atoms with E-state index in [4.69, 9.17) is 11.6 Å². The van der Waals surface area contributed by atoms with Gasteiger partial charge in [0.05, 0.1) is 0 Å². The molecule has 15 heavy (non-hydrogen) atoms. The predicted octanol–water partition coefficient (Wildman–Crippen LogP) is 3.09. The van der Waals surface area contributed by atoms with Gasteiger partial charge in [-0.2, -0.15) is 0 Å². The van der Waals surface area contributed by atoms with Crippen LogP contribution in [0.5, 0.6) is 0 Å². The number of hydrogen-bond donors (Lipinski definition) is 0. The molecular formula is C10H16ClN3S. The number of rotatable bonds is 4. The number of nitrogens with zero attached hydrogens (tertiary/aromatic N) is 3. The van der Waals surface area contributed by atoms with Crippen LogP contribution in [-0.2, 0) is 0 Å². The summed E-state index contributed by atoms with van der Waals surface area (Å²) in [7, 11) is 0. The summed E-state index contributed by atoms with van der Waals surface area (Å²) in [5.74, 6) is 0.900. The van der Waals surface area contributed by atoms with Crippen molar-refractivity contribution in [1.29, 1.82) is 0 Å². The first kappa shape index (κ1) is 12.6. The second-order valence-electron chi connectivity index (χ2n) is 3.42. The summed E-state index contributed by atoms with van der Waals surface area (Å²) in [6.07, 6.45) is 1.95. The number of halogens is 1. The van der Waals surface area contributed by atoms with Crippen LogP contribution in [0.4, 0.5) is 5.82 Å². The molecule has 0 aromatic carbocycles. The molecule has 0 N–H and O–H groups in total. The molecule has 0 amide bonds. The van der Waals surface area contributed by atoms with Crippen LogP contribution in [-0.4, -0.2) is 28.8 Å². The van der Waals surface area contributed by atoms with Crippen molar-refractivity contribution in [3.63, 3.8) is 0 Å². The van der Waals surface area contributed by atoms with Gasteiger partial charge in [0, 0.05) is 18.7 Å². The molecule has 0 aliphatic heterocycles. The molecule has 0 bridgehead atoms. The molecule has 0 radical (unpaired) electrons. The maximum absolute atomic E-state index is 5.94. The minimum atomic E-state index is 0.413. The minimum Gasteiger partial charge on any atom is -0.354 e. The largest absolute Gasteiger partial charge is 0.354 e. The van der Waals surface area contributed by atoms with Crippen LogP contribution < -0.4 is 4.90 Å². The van der Waals surface area contributed by atoms with Crippen LogP contribution in [0.3, 0.4) is 0 Å². The van der Waals surface area contributed by atoms with Crippen LogP contribution >= 0.6 is 23.4 Å². The molecule has 0 fully saturated rings. The van der Waals surface area contributed by atoms with Crippen LogP contribution in [0.2, 0.25) is 5.15 Å². The molecule has 0 saturated heterocycles. The zero-order valence-corrected chi connectivity index (χ0v) is 11.1. The standard InChI is InChI=1S/C10H16ClN3S/c1-5-14(7(2)3)9-6-8(11)12-10(13-9)15-4/h6-7H,5H2,1-4H3. The third-order valence-electron chi connectivity index (χ3n) is 2.10. The number of anilines is 1. The fourth-order valence-corrected chi connectivity index (χ4v) is 2.02. The summed E-state index contributed by atoms with van der Waals surface area (Å²) in [6.45, 7) is 7.30. The molecule has 0 unspecified atom stereocenters. The Morgan fingerprint density at radius 2 is 2.13 bits per heavy atom. The van der Waals surface area contributed by atoms with Gasteiger partial charge in [-0.1, -0.05) is 23.4 Å². The fourth-order valence-electron chi connectivity index (χ4n) is 1.42. The Morgan fingerprint density at radius 3 is 2.60 bits per heavy atom. The summed E-state index contributed by atoms with van der Waals surface area (Å²) in [6, 6.07) is 2.22. The van der Waals surface area contributed by atoms with E-state index >= 15 is 0 Å². The van der Waals surface area contributed by atoms with E-state index in [1.165, 1.54) is 11.8 Å². The van der Waals surface area contributed by atoms with Crippen molar-refractivity contribution in [2.75, 3.05) is 17.7 Å². The van der Waals surface area contributed by atoms with Crippen molar-refractivity contribution in [2.45, 2.75) is 32.0 Å². The molecule has 0 spiro atoms. The zero-order chi connectivity index (χ0) is 11.4.